The fourth-order valence-electron chi connectivity index (χ4n) is 3.94. The molecule has 0 unspecified atom stereocenters. The summed E-state index contributed by atoms with van der Waals surface area (Å²) in [5.74, 6) is 0.746. The van der Waals surface area contributed by atoms with Crippen molar-refractivity contribution in [2.75, 3.05) is 0 Å². The number of fused-ring (bicyclic) bond motifs is 4. The van der Waals surface area contributed by atoms with Crippen molar-refractivity contribution in [2.24, 2.45) is 5.92 Å². The SMILES string of the molecule is O[C@@H]1c2nncn2CC[C@@H]1[C@@H]1c2ccccc2-c2cncn21. The maximum Gasteiger partial charge on any atom is 0.162 e. The summed E-state index contributed by atoms with van der Waals surface area (Å²) in [6.45, 7) is 0.840. The van der Waals surface area contributed by atoms with Crippen LogP contribution < -0.4 is 0 Å². The predicted molar refractivity (Wildman–Crippen MR) is 78.9 cm³/mol. The van der Waals surface area contributed by atoms with E-state index in [4.69, 9.17) is 0 Å². The number of nitrogens with zero attached hydrogens (tertiary/aromatic N) is 5. The first kappa shape index (κ1) is 12.1. The Kier molecular flexibility index (Phi) is 2.35. The minimum atomic E-state index is -0.609. The van der Waals surface area contributed by atoms with Gasteiger partial charge in [-0.05, 0) is 12.0 Å². The molecule has 4 heterocycles. The normalized spacial score (nSPS) is 25.6. The molecule has 22 heavy (non-hydrogen) atoms. The van der Waals surface area contributed by atoms with Gasteiger partial charge in [0.15, 0.2) is 5.82 Å². The molecule has 6 heteroatoms. The van der Waals surface area contributed by atoms with E-state index in [1.807, 2.05) is 23.2 Å². The highest BCUT2D eigenvalue weighted by molar-refractivity contribution is 5.69. The maximum absolute atomic E-state index is 10.8. The van der Waals surface area contributed by atoms with Crippen LogP contribution in [0.25, 0.3) is 11.3 Å². The summed E-state index contributed by atoms with van der Waals surface area (Å²) in [6.07, 6.45) is 5.74. The zero-order chi connectivity index (χ0) is 14.7. The summed E-state index contributed by atoms with van der Waals surface area (Å²) in [6, 6.07) is 8.49. The Balaban J connectivity index is 1.65. The van der Waals surface area contributed by atoms with E-state index < -0.39 is 6.10 Å². The smallest absolute Gasteiger partial charge is 0.162 e. The molecule has 110 valence electrons. The van der Waals surface area contributed by atoms with Gasteiger partial charge in [-0.1, -0.05) is 24.3 Å². The molecule has 6 nitrogen and oxygen atoms in total. The van der Waals surface area contributed by atoms with Crippen molar-refractivity contribution in [3.05, 3.63) is 54.5 Å². The Morgan fingerprint density at radius 1 is 1.18 bits per heavy atom. The first-order valence-electron chi connectivity index (χ1n) is 7.51. The lowest BCUT2D eigenvalue weighted by Gasteiger charge is -2.33. The monoisotopic (exact) mass is 293 g/mol. The number of benzene rings is 1. The second-order valence-electron chi connectivity index (χ2n) is 6.00. The molecule has 0 amide bonds. The summed E-state index contributed by atoms with van der Waals surface area (Å²) in [5.41, 5.74) is 3.60. The molecule has 0 fully saturated rings. The van der Waals surface area contributed by atoms with Crippen molar-refractivity contribution in [1.82, 2.24) is 24.3 Å². The van der Waals surface area contributed by atoms with Gasteiger partial charge in [-0.15, -0.1) is 10.2 Å². The third-order valence-corrected chi connectivity index (χ3v) is 4.95. The van der Waals surface area contributed by atoms with E-state index in [0.29, 0.717) is 5.82 Å². The van der Waals surface area contributed by atoms with Gasteiger partial charge in [0.1, 0.15) is 12.4 Å². The van der Waals surface area contributed by atoms with E-state index in [1.165, 1.54) is 11.1 Å². The van der Waals surface area contributed by atoms with Crippen molar-refractivity contribution in [2.45, 2.75) is 25.1 Å². The largest absolute Gasteiger partial charge is 0.385 e. The van der Waals surface area contributed by atoms with Crippen molar-refractivity contribution >= 4 is 0 Å². The van der Waals surface area contributed by atoms with Crippen LogP contribution in [0, 0.1) is 5.92 Å². The van der Waals surface area contributed by atoms with Gasteiger partial charge in [-0.3, -0.25) is 0 Å². The molecule has 2 aliphatic rings. The number of aromatic nitrogens is 5. The van der Waals surface area contributed by atoms with Gasteiger partial charge in [0.2, 0.25) is 0 Å². The van der Waals surface area contributed by atoms with Crippen molar-refractivity contribution < 1.29 is 5.11 Å². The fourth-order valence-corrected chi connectivity index (χ4v) is 3.94. The molecule has 3 aromatic rings. The van der Waals surface area contributed by atoms with E-state index >= 15 is 0 Å². The Morgan fingerprint density at radius 2 is 2.09 bits per heavy atom. The van der Waals surface area contributed by atoms with E-state index in [9.17, 15) is 5.11 Å². The average Bonchev–Trinajstić information content (AvgIpc) is 3.23. The van der Waals surface area contributed by atoms with Crippen molar-refractivity contribution in [3.63, 3.8) is 0 Å². The first-order valence-corrected chi connectivity index (χ1v) is 7.51. The quantitative estimate of drug-likeness (QED) is 0.743. The third-order valence-electron chi connectivity index (χ3n) is 4.95. The molecule has 3 atom stereocenters. The molecule has 0 radical (unpaired) electrons. The zero-order valence-corrected chi connectivity index (χ0v) is 11.9. The van der Waals surface area contributed by atoms with Crippen LogP contribution in [0.4, 0.5) is 0 Å². The number of hydrogen-bond donors (Lipinski definition) is 1. The standard InChI is InChI=1S/C16H15N5O/c22-15-12(5-6-20-9-18-19-16(15)20)14-11-4-2-1-3-10(11)13-7-17-8-21(13)14/h1-4,7-9,12,14-15,22H,5-6H2/t12-,14+,15+/m1/s1. The van der Waals surface area contributed by atoms with Crippen LogP contribution in [0.1, 0.15) is 30.0 Å². The zero-order valence-electron chi connectivity index (χ0n) is 11.9. The highest BCUT2D eigenvalue weighted by Crippen LogP contribution is 2.48. The third kappa shape index (κ3) is 1.45. The second kappa shape index (κ2) is 4.27. The molecular formula is C16H15N5O. The molecule has 0 aliphatic carbocycles. The number of hydrogen-bond acceptors (Lipinski definition) is 4. The lowest BCUT2D eigenvalue weighted by Crippen LogP contribution is -2.31. The van der Waals surface area contributed by atoms with Crippen molar-refractivity contribution in [3.8, 4) is 11.3 Å². The molecule has 0 saturated heterocycles. The van der Waals surface area contributed by atoms with Gasteiger partial charge in [0.05, 0.1) is 24.3 Å². The first-order chi connectivity index (χ1) is 10.8. The Hall–Kier alpha value is -2.47. The minimum Gasteiger partial charge on any atom is -0.385 e. The summed E-state index contributed by atoms with van der Waals surface area (Å²) < 4.78 is 4.13. The van der Waals surface area contributed by atoms with Crippen LogP contribution in [-0.4, -0.2) is 29.4 Å². The number of aliphatic hydroxyl groups is 1. The Bertz CT molecular complexity index is 852. The van der Waals surface area contributed by atoms with E-state index in [1.54, 1.807) is 6.33 Å². The molecule has 0 spiro atoms. The summed E-state index contributed by atoms with van der Waals surface area (Å²) in [5, 5.41) is 18.8. The van der Waals surface area contributed by atoms with Crippen LogP contribution in [0.15, 0.2) is 43.1 Å². The summed E-state index contributed by atoms with van der Waals surface area (Å²) in [4.78, 5) is 4.30. The Labute approximate surface area is 127 Å². The van der Waals surface area contributed by atoms with Crippen LogP contribution in [0.3, 0.4) is 0 Å². The molecule has 1 aromatic carbocycles. The van der Waals surface area contributed by atoms with Gasteiger partial charge >= 0.3 is 0 Å². The topological polar surface area (TPSA) is 68.8 Å². The van der Waals surface area contributed by atoms with Gasteiger partial charge < -0.3 is 14.2 Å². The maximum atomic E-state index is 10.8. The van der Waals surface area contributed by atoms with Crippen LogP contribution in [0.2, 0.25) is 0 Å². The molecule has 5 rings (SSSR count). The van der Waals surface area contributed by atoms with Gasteiger partial charge in [0.25, 0.3) is 0 Å². The highest BCUT2D eigenvalue weighted by Gasteiger charge is 2.41. The number of imidazole rings is 1. The summed E-state index contributed by atoms with van der Waals surface area (Å²) >= 11 is 0. The highest BCUT2D eigenvalue weighted by atomic mass is 16.3. The fraction of sp³-hybridized carbons (Fsp3) is 0.312. The average molecular weight is 293 g/mol. The van der Waals surface area contributed by atoms with Gasteiger partial charge in [-0.25, -0.2) is 4.98 Å². The van der Waals surface area contributed by atoms with Gasteiger partial charge in [0, 0.05) is 18.0 Å². The van der Waals surface area contributed by atoms with Crippen LogP contribution in [0.5, 0.6) is 0 Å². The number of aryl methyl sites for hydroxylation is 1. The van der Waals surface area contributed by atoms with E-state index in [0.717, 1.165) is 18.7 Å². The van der Waals surface area contributed by atoms with Gasteiger partial charge in [-0.2, -0.15) is 0 Å². The predicted octanol–water partition coefficient (Wildman–Crippen LogP) is 1.80. The number of aliphatic hydroxyl groups excluding tert-OH is 1. The molecule has 0 bridgehead atoms. The Morgan fingerprint density at radius 3 is 3.05 bits per heavy atom. The minimum absolute atomic E-state index is 0.0771. The molecule has 2 aliphatic heterocycles. The molecular weight excluding hydrogens is 278 g/mol. The number of rotatable bonds is 1. The lowest BCUT2D eigenvalue weighted by atomic mass is 9.84. The molecule has 2 aromatic heterocycles. The van der Waals surface area contributed by atoms with Crippen LogP contribution >= 0.6 is 0 Å². The van der Waals surface area contributed by atoms with E-state index in [-0.39, 0.29) is 12.0 Å². The lowest BCUT2D eigenvalue weighted by molar-refractivity contribution is 0.0512. The van der Waals surface area contributed by atoms with E-state index in [2.05, 4.69) is 37.9 Å². The molecule has 1 N–H and O–H groups in total. The summed E-state index contributed by atoms with van der Waals surface area (Å²) in [7, 11) is 0. The van der Waals surface area contributed by atoms with Crippen LogP contribution in [-0.2, 0) is 6.54 Å². The van der Waals surface area contributed by atoms with Crippen molar-refractivity contribution in [1.29, 1.82) is 0 Å². The molecule has 0 saturated carbocycles. The second-order valence-corrected chi connectivity index (χ2v) is 6.00.